The molecule has 0 fully saturated rings. The first kappa shape index (κ1) is 59.1. The molecule has 0 heterocycles. The van der Waals surface area contributed by atoms with Crippen molar-refractivity contribution in [1.82, 2.24) is 5.32 Å². The Morgan fingerprint density at radius 2 is 0.852 bits per heavy atom. The van der Waals surface area contributed by atoms with Gasteiger partial charge in [-0.25, -0.2) is 0 Å². The Labute approximate surface area is 379 Å². The smallest absolute Gasteiger partial charge is 0.306 e. The summed E-state index contributed by atoms with van der Waals surface area (Å²) in [6.07, 6.45) is 57.8. The lowest BCUT2D eigenvalue weighted by atomic mass is 10.0. The van der Waals surface area contributed by atoms with E-state index < -0.39 is 18.2 Å². The van der Waals surface area contributed by atoms with E-state index in [4.69, 9.17) is 4.74 Å². The van der Waals surface area contributed by atoms with Crippen LogP contribution in [0.25, 0.3) is 0 Å². The zero-order valence-corrected chi connectivity index (χ0v) is 40.8. The first-order chi connectivity index (χ1) is 30.0. The molecule has 0 aromatic rings. The fourth-order valence-electron chi connectivity index (χ4n) is 8.13. The molecule has 0 aromatic heterocycles. The summed E-state index contributed by atoms with van der Waals surface area (Å²) < 4.78 is 5.91. The molecule has 0 rings (SSSR count). The molecule has 61 heavy (non-hydrogen) atoms. The van der Waals surface area contributed by atoms with Crippen molar-refractivity contribution in [3.05, 3.63) is 36.5 Å². The number of carbonyl (C=O) groups is 2. The maximum Gasteiger partial charge on any atom is 0.306 e. The lowest BCUT2D eigenvalue weighted by Crippen LogP contribution is -2.46. The summed E-state index contributed by atoms with van der Waals surface area (Å²) in [6, 6.07) is -0.713. The van der Waals surface area contributed by atoms with E-state index in [1.165, 1.54) is 161 Å². The molecule has 3 N–H and O–H groups in total. The lowest BCUT2D eigenvalue weighted by Gasteiger charge is -2.24. The van der Waals surface area contributed by atoms with Gasteiger partial charge in [0.2, 0.25) is 5.91 Å². The van der Waals surface area contributed by atoms with Crippen LogP contribution in [0.3, 0.4) is 0 Å². The van der Waals surface area contributed by atoms with E-state index in [1.807, 2.05) is 0 Å². The summed E-state index contributed by atoms with van der Waals surface area (Å²) in [5.41, 5.74) is 0. The Kier molecular flexibility index (Phi) is 47.6. The number of carbonyl (C=O) groups excluding carboxylic acids is 2. The molecule has 0 saturated heterocycles. The minimum atomic E-state index is -0.797. The largest absolute Gasteiger partial charge is 0.462 e. The van der Waals surface area contributed by atoms with Crippen LogP contribution in [0.1, 0.15) is 278 Å². The summed E-state index contributed by atoms with van der Waals surface area (Å²) in [4.78, 5) is 26.1. The first-order valence-electron chi connectivity index (χ1n) is 26.7. The van der Waals surface area contributed by atoms with Gasteiger partial charge in [-0.1, -0.05) is 231 Å². The van der Waals surface area contributed by atoms with Crippen LogP contribution < -0.4 is 5.32 Å². The summed E-state index contributed by atoms with van der Waals surface area (Å²) in [6.45, 7) is 6.47. The Bertz CT molecular complexity index is 1010. The molecule has 3 unspecified atom stereocenters. The summed E-state index contributed by atoms with van der Waals surface area (Å²) in [7, 11) is 0. The van der Waals surface area contributed by atoms with Crippen LogP contribution in [-0.4, -0.2) is 46.9 Å². The predicted molar refractivity (Wildman–Crippen MR) is 264 cm³/mol. The first-order valence-corrected chi connectivity index (χ1v) is 26.7. The van der Waals surface area contributed by atoms with Crippen LogP contribution in [0.15, 0.2) is 36.5 Å². The molecule has 0 radical (unpaired) electrons. The van der Waals surface area contributed by atoms with Gasteiger partial charge in [0, 0.05) is 6.42 Å². The third-order valence-corrected chi connectivity index (χ3v) is 12.2. The molecule has 1 amide bonds. The fourth-order valence-corrected chi connectivity index (χ4v) is 8.13. The Morgan fingerprint density at radius 3 is 1.30 bits per heavy atom. The second kappa shape index (κ2) is 49.1. The van der Waals surface area contributed by atoms with Crippen molar-refractivity contribution in [2.45, 2.75) is 296 Å². The molecular formula is C55H103NO5. The summed E-state index contributed by atoms with van der Waals surface area (Å²) >= 11 is 0. The van der Waals surface area contributed by atoms with E-state index in [9.17, 15) is 19.8 Å². The second-order valence-corrected chi connectivity index (χ2v) is 18.3. The van der Waals surface area contributed by atoms with Crippen molar-refractivity contribution in [3.63, 3.8) is 0 Å². The van der Waals surface area contributed by atoms with Crippen LogP contribution in [0, 0.1) is 0 Å². The molecule has 0 saturated carbocycles. The van der Waals surface area contributed by atoms with Gasteiger partial charge in [0.1, 0.15) is 6.10 Å². The Hall–Kier alpha value is -1.92. The topological polar surface area (TPSA) is 95.9 Å². The highest BCUT2D eigenvalue weighted by molar-refractivity contribution is 5.77. The molecule has 0 bridgehead atoms. The molecular weight excluding hydrogens is 755 g/mol. The van der Waals surface area contributed by atoms with E-state index in [-0.39, 0.29) is 24.9 Å². The van der Waals surface area contributed by atoms with Crippen LogP contribution in [0.4, 0.5) is 0 Å². The van der Waals surface area contributed by atoms with Crippen molar-refractivity contribution in [2.75, 3.05) is 6.61 Å². The maximum atomic E-state index is 13.2. The van der Waals surface area contributed by atoms with E-state index in [0.29, 0.717) is 19.3 Å². The number of nitrogens with one attached hydrogen (secondary N) is 1. The molecule has 0 aliphatic heterocycles. The van der Waals surface area contributed by atoms with Gasteiger partial charge in [0.05, 0.1) is 25.2 Å². The van der Waals surface area contributed by atoms with E-state index in [0.717, 1.165) is 70.6 Å². The number of amides is 1. The average Bonchev–Trinajstić information content (AvgIpc) is 3.25. The third kappa shape index (κ3) is 44.5. The van der Waals surface area contributed by atoms with Gasteiger partial charge in [-0.05, 0) is 70.6 Å². The highest BCUT2D eigenvalue weighted by Gasteiger charge is 2.24. The normalized spacial score (nSPS) is 13.5. The van der Waals surface area contributed by atoms with Gasteiger partial charge in [-0.2, -0.15) is 0 Å². The van der Waals surface area contributed by atoms with Gasteiger partial charge in [-0.3, -0.25) is 9.59 Å². The van der Waals surface area contributed by atoms with E-state index in [1.54, 1.807) is 0 Å². The van der Waals surface area contributed by atoms with Crippen LogP contribution in [-0.2, 0) is 14.3 Å². The van der Waals surface area contributed by atoms with E-state index in [2.05, 4.69) is 62.5 Å². The Morgan fingerprint density at radius 1 is 0.475 bits per heavy atom. The van der Waals surface area contributed by atoms with Gasteiger partial charge in [-0.15, -0.1) is 0 Å². The second-order valence-electron chi connectivity index (χ2n) is 18.3. The van der Waals surface area contributed by atoms with Gasteiger partial charge >= 0.3 is 5.97 Å². The number of rotatable bonds is 48. The van der Waals surface area contributed by atoms with Crippen molar-refractivity contribution in [3.8, 4) is 0 Å². The van der Waals surface area contributed by atoms with Crippen molar-refractivity contribution >= 4 is 11.9 Å². The average molecular weight is 858 g/mol. The minimum absolute atomic E-state index is 0.0484. The molecule has 0 aliphatic carbocycles. The number of hydrogen-bond acceptors (Lipinski definition) is 5. The van der Waals surface area contributed by atoms with Gasteiger partial charge in [0.25, 0.3) is 0 Å². The molecule has 0 aromatic carbocycles. The molecule has 6 heteroatoms. The highest BCUT2D eigenvalue weighted by Crippen LogP contribution is 2.17. The van der Waals surface area contributed by atoms with Crippen molar-refractivity contribution in [1.29, 1.82) is 0 Å². The number of esters is 1. The SMILES string of the molecule is CCCCCCCCC/C=C\CCCC(CC(=O)NC(CO)C(O)CCCCCCCCCCCCCCCC)OC(=O)CCCCC/C=C/C=C/CCCCCCCCC. The lowest BCUT2D eigenvalue weighted by molar-refractivity contribution is -0.151. The zero-order valence-electron chi connectivity index (χ0n) is 40.8. The van der Waals surface area contributed by atoms with Crippen LogP contribution in [0.2, 0.25) is 0 Å². The maximum absolute atomic E-state index is 13.2. The quantitative estimate of drug-likeness (QED) is 0.0245. The summed E-state index contributed by atoms with van der Waals surface area (Å²) in [5.74, 6) is -0.526. The molecule has 0 aliphatic rings. The number of unbranched alkanes of at least 4 members (excludes halogenated alkanes) is 31. The zero-order chi connectivity index (χ0) is 44.5. The van der Waals surface area contributed by atoms with Gasteiger partial charge in [0.15, 0.2) is 0 Å². The van der Waals surface area contributed by atoms with Crippen molar-refractivity contribution < 1.29 is 24.5 Å². The standard InChI is InChI=1S/C55H103NO5/c1-4-7-10-13-16-19-22-25-27-28-30-33-36-39-42-45-48-55(60)61-51(46-43-40-37-34-31-24-21-18-15-12-9-6-3)49-54(59)56-52(50-57)53(58)47-44-41-38-35-32-29-26-23-20-17-14-11-8-5-2/h27-28,30,33-34,37,51-53,57-58H,4-26,29,31-32,35-36,38-50H2,1-3H3,(H,56,59)/b28-27+,33-30+,37-34-. The number of allylic oxidation sites excluding steroid dienone is 6. The molecule has 358 valence electrons. The minimum Gasteiger partial charge on any atom is -0.462 e. The van der Waals surface area contributed by atoms with Crippen molar-refractivity contribution in [2.24, 2.45) is 0 Å². The Balaban J connectivity index is 4.59. The highest BCUT2D eigenvalue weighted by atomic mass is 16.5. The van der Waals surface area contributed by atoms with E-state index >= 15 is 0 Å². The predicted octanol–water partition coefficient (Wildman–Crippen LogP) is 16.1. The number of ether oxygens (including phenoxy) is 1. The monoisotopic (exact) mass is 858 g/mol. The summed E-state index contributed by atoms with van der Waals surface area (Å²) in [5, 5.41) is 23.8. The third-order valence-electron chi connectivity index (χ3n) is 12.2. The van der Waals surface area contributed by atoms with Crippen LogP contribution in [0.5, 0.6) is 0 Å². The fraction of sp³-hybridized carbons (Fsp3) is 0.855. The number of aliphatic hydroxyl groups excluding tert-OH is 2. The number of aliphatic hydroxyl groups is 2. The molecule has 3 atom stereocenters. The van der Waals surface area contributed by atoms with Crippen LogP contribution >= 0.6 is 0 Å². The van der Waals surface area contributed by atoms with Gasteiger partial charge < -0.3 is 20.3 Å². The molecule has 6 nitrogen and oxygen atoms in total. The molecule has 0 spiro atoms. The number of hydrogen-bond donors (Lipinski definition) is 3.